The molecule has 3 rings (SSSR count). The van der Waals surface area contributed by atoms with E-state index in [0.717, 1.165) is 31.9 Å². The number of rotatable bonds is 7. The molecule has 1 aliphatic rings. The molecule has 1 aromatic carbocycles. The maximum Gasteiger partial charge on any atom is 0.237 e. The monoisotopic (exact) mass is 368 g/mol. The Labute approximate surface area is 159 Å². The highest BCUT2D eigenvalue weighted by molar-refractivity contribution is 5.78. The van der Waals surface area contributed by atoms with Crippen molar-refractivity contribution in [1.29, 1.82) is 5.26 Å². The number of para-hydroxylation sites is 2. The molecule has 1 aliphatic heterocycles. The van der Waals surface area contributed by atoms with Crippen molar-refractivity contribution >= 4 is 11.6 Å². The van der Waals surface area contributed by atoms with E-state index in [2.05, 4.69) is 15.9 Å². The number of phenols is 1. The number of hydrogen-bond acceptors (Lipinski definition) is 6. The third kappa shape index (κ3) is 5.02. The van der Waals surface area contributed by atoms with Gasteiger partial charge in [0, 0.05) is 32.7 Å². The highest BCUT2D eigenvalue weighted by Gasteiger charge is 2.23. The lowest BCUT2D eigenvalue weighted by Crippen LogP contribution is -2.50. The van der Waals surface area contributed by atoms with Crippen molar-refractivity contribution in [2.24, 2.45) is 0 Å². The fourth-order valence-electron chi connectivity index (χ4n) is 3.24. The molecule has 142 valence electrons. The van der Waals surface area contributed by atoms with Crippen LogP contribution in [0.25, 0.3) is 0 Å². The Hall–Kier alpha value is -2.98. The van der Waals surface area contributed by atoms with E-state index >= 15 is 0 Å². The Balaban J connectivity index is 1.54. The summed E-state index contributed by atoms with van der Waals surface area (Å²) in [5, 5.41) is 18.9. The minimum absolute atomic E-state index is 0.00217. The lowest BCUT2D eigenvalue weighted by molar-refractivity contribution is -0.133. The highest BCUT2D eigenvalue weighted by Crippen LogP contribution is 2.27. The van der Waals surface area contributed by atoms with Crippen LogP contribution in [0.5, 0.6) is 5.75 Å². The summed E-state index contributed by atoms with van der Waals surface area (Å²) < 4.78 is 5.34. The number of furan rings is 1. The smallest absolute Gasteiger partial charge is 0.237 e. The summed E-state index contributed by atoms with van der Waals surface area (Å²) in [6.45, 7) is 4.09. The number of amides is 1. The summed E-state index contributed by atoms with van der Waals surface area (Å²) in [5.41, 5.74) is 0.831. The van der Waals surface area contributed by atoms with Crippen LogP contribution in [0, 0.1) is 11.3 Å². The van der Waals surface area contributed by atoms with Crippen molar-refractivity contribution in [3.8, 4) is 11.8 Å². The van der Waals surface area contributed by atoms with Crippen LogP contribution in [0.2, 0.25) is 0 Å². The van der Waals surface area contributed by atoms with E-state index in [9.17, 15) is 9.90 Å². The summed E-state index contributed by atoms with van der Waals surface area (Å²) in [4.78, 5) is 18.6. The molecule has 1 fully saturated rings. The Bertz CT molecular complexity index is 777. The number of anilines is 1. The molecular weight excluding hydrogens is 344 g/mol. The van der Waals surface area contributed by atoms with Gasteiger partial charge < -0.3 is 19.3 Å². The third-order valence-corrected chi connectivity index (χ3v) is 4.73. The number of carbonyl (C=O) groups excluding carboxylic acids is 1. The molecule has 7 nitrogen and oxygen atoms in total. The van der Waals surface area contributed by atoms with Gasteiger partial charge in [-0.3, -0.25) is 9.69 Å². The van der Waals surface area contributed by atoms with Gasteiger partial charge in [0.2, 0.25) is 5.91 Å². The molecule has 0 radical (unpaired) electrons. The zero-order valence-corrected chi connectivity index (χ0v) is 15.3. The SMILES string of the molecule is N#CCCN(Cc1ccco1)C(=O)CN1CCN(c2ccccc2O)CC1. The number of piperazine rings is 1. The molecule has 27 heavy (non-hydrogen) atoms. The number of phenolic OH excluding ortho intramolecular Hbond substituents is 1. The van der Waals surface area contributed by atoms with Crippen LogP contribution in [-0.2, 0) is 11.3 Å². The van der Waals surface area contributed by atoms with Gasteiger partial charge in [0.1, 0.15) is 11.5 Å². The average molecular weight is 368 g/mol. The predicted octanol–water partition coefficient (Wildman–Crippen LogP) is 2.05. The lowest BCUT2D eigenvalue weighted by Gasteiger charge is -2.36. The molecule has 0 aliphatic carbocycles. The van der Waals surface area contributed by atoms with E-state index in [1.165, 1.54) is 0 Å². The second kappa shape index (κ2) is 9.10. The van der Waals surface area contributed by atoms with Crippen LogP contribution in [0.4, 0.5) is 5.69 Å². The van der Waals surface area contributed by atoms with Crippen molar-refractivity contribution < 1.29 is 14.3 Å². The number of hydrogen-bond donors (Lipinski definition) is 1. The van der Waals surface area contributed by atoms with Gasteiger partial charge >= 0.3 is 0 Å². The summed E-state index contributed by atoms with van der Waals surface area (Å²) >= 11 is 0. The first-order chi connectivity index (χ1) is 13.2. The molecule has 2 aromatic rings. The molecule has 0 spiro atoms. The maximum atomic E-state index is 12.7. The summed E-state index contributed by atoms with van der Waals surface area (Å²) in [6, 6.07) is 13.0. The number of aromatic hydroxyl groups is 1. The van der Waals surface area contributed by atoms with E-state index < -0.39 is 0 Å². The van der Waals surface area contributed by atoms with Gasteiger partial charge in [-0.2, -0.15) is 5.26 Å². The van der Waals surface area contributed by atoms with Crippen molar-refractivity contribution in [2.45, 2.75) is 13.0 Å². The zero-order chi connectivity index (χ0) is 19.1. The van der Waals surface area contributed by atoms with E-state index in [0.29, 0.717) is 31.8 Å². The number of benzene rings is 1. The second-order valence-electron chi connectivity index (χ2n) is 6.55. The molecule has 7 heteroatoms. The van der Waals surface area contributed by atoms with E-state index in [1.807, 2.05) is 24.3 Å². The quantitative estimate of drug-likeness (QED) is 0.805. The normalized spacial score (nSPS) is 14.7. The minimum Gasteiger partial charge on any atom is -0.506 e. The van der Waals surface area contributed by atoms with Gasteiger partial charge in [0.05, 0.1) is 37.5 Å². The number of nitriles is 1. The van der Waals surface area contributed by atoms with E-state index in [4.69, 9.17) is 9.68 Å². The maximum absolute atomic E-state index is 12.7. The van der Waals surface area contributed by atoms with Crippen LogP contribution in [0.15, 0.2) is 47.1 Å². The van der Waals surface area contributed by atoms with E-state index in [-0.39, 0.29) is 11.7 Å². The molecule has 0 bridgehead atoms. The van der Waals surface area contributed by atoms with Gasteiger partial charge in [-0.05, 0) is 24.3 Å². The Morgan fingerprint density at radius 3 is 2.63 bits per heavy atom. The van der Waals surface area contributed by atoms with Gasteiger partial charge in [0.25, 0.3) is 0 Å². The fourth-order valence-corrected chi connectivity index (χ4v) is 3.24. The first kappa shape index (κ1) is 18.8. The van der Waals surface area contributed by atoms with Crippen LogP contribution in [-0.4, -0.2) is 60.1 Å². The standard InChI is InChI=1S/C20H24N4O3/c21-8-4-9-24(15-17-5-3-14-27-17)20(26)16-22-10-12-23(13-11-22)18-6-1-2-7-19(18)25/h1-3,5-7,14,25H,4,9-13,15-16H2. The fraction of sp³-hybridized carbons (Fsp3) is 0.400. The van der Waals surface area contributed by atoms with Gasteiger partial charge in [0.15, 0.2) is 0 Å². The van der Waals surface area contributed by atoms with Crippen molar-refractivity contribution in [3.05, 3.63) is 48.4 Å². The van der Waals surface area contributed by atoms with Gasteiger partial charge in [-0.25, -0.2) is 0 Å². The third-order valence-electron chi connectivity index (χ3n) is 4.73. The molecular formula is C20H24N4O3. The summed E-state index contributed by atoms with van der Waals surface area (Å²) in [5.74, 6) is 0.992. The van der Waals surface area contributed by atoms with Crippen molar-refractivity contribution in [1.82, 2.24) is 9.80 Å². The number of carbonyl (C=O) groups is 1. The summed E-state index contributed by atoms with van der Waals surface area (Å²) in [7, 11) is 0. The molecule has 1 aromatic heterocycles. The first-order valence-electron chi connectivity index (χ1n) is 9.10. The second-order valence-corrected chi connectivity index (χ2v) is 6.55. The molecule has 2 heterocycles. The molecule has 1 amide bonds. The molecule has 0 unspecified atom stereocenters. The average Bonchev–Trinajstić information content (AvgIpc) is 3.19. The van der Waals surface area contributed by atoms with Gasteiger partial charge in [-0.15, -0.1) is 0 Å². The van der Waals surface area contributed by atoms with Crippen LogP contribution < -0.4 is 4.90 Å². The zero-order valence-electron chi connectivity index (χ0n) is 15.3. The van der Waals surface area contributed by atoms with Crippen LogP contribution in [0.1, 0.15) is 12.2 Å². The molecule has 0 atom stereocenters. The predicted molar refractivity (Wildman–Crippen MR) is 101 cm³/mol. The van der Waals surface area contributed by atoms with Crippen LogP contribution >= 0.6 is 0 Å². The highest BCUT2D eigenvalue weighted by atomic mass is 16.3. The Kier molecular flexibility index (Phi) is 6.34. The summed E-state index contributed by atoms with van der Waals surface area (Å²) in [6.07, 6.45) is 1.88. The largest absolute Gasteiger partial charge is 0.506 e. The molecule has 0 saturated carbocycles. The lowest BCUT2D eigenvalue weighted by atomic mass is 10.2. The Morgan fingerprint density at radius 2 is 1.96 bits per heavy atom. The molecule has 1 N–H and O–H groups in total. The topological polar surface area (TPSA) is 84.0 Å². The molecule has 1 saturated heterocycles. The van der Waals surface area contributed by atoms with Gasteiger partial charge in [-0.1, -0.05) is 12.1 Å². The first-order valence-corrected chi connectivity index (χ1v) is 9.10. The minimum atomic E-state index is -0.00217. The van der Waals surface area contributed by atoms with Crippen molar-refractivity contribution in [3.63, 3.8) is 0 Å². The number of nitrogens with zero attached hydrogens (tertiary/aromatic N) is 4. The van der Waals surface area contributed by atoms with E-state index in [1.54, 1.807) is 23.3 Å². The Morgan fingerprint density at radius 1 is 1.19 bits per heavy atom. The van der Waals surface area contributed by atoms with Crippen molar-refractivity contribution in [2.75, 3.05) is 44.2 Å². The van der Waals surface area contributed by atoms with Crippen LogP contribution in [0.3, 0.4) is 0 Å².